The maximum atomic E-state index is 5.45. The fourth-order valence-electron chi connectivity index (χ4n) is 3.16. The van der Waals surface area contributed by atoms with E-state index in [2.05, 4.69) is 25.1 Å². The van der Waals surface area contributed by atoms with Crippen LogP contribution in [0.3, 0.4) is 0 Å². The van der Waals surface area contributed by atoms with Crippen molar-refractivity contribution >= 4 is 17.3 Å². The SMILES string of the molecule is CN=C(NCc1cnc(C)s1)N1CCC(N2CCOCC2)C1. The Hall–Kier alpha value is -1.18. The quantitative estimate of drug-likeness (QED) is 0.663. The summed E-state index contributed by atoms with van der Waals surface area (Å²) in [6, 6.07) is 0.632. The third kappa shape index (κ3) is 3.77. The predicted octanol–water partition coefficient (Wildman–Crippen LogP) is 0.933. The summed E-state index contributed by atoms with van der Waals surface area (Å²) in [5.41, 5.74) is 0. The molecule has 2 aliphatic rings. The minimum Gasteiger partial charge on any atom is -0.379 e. The molecule has 1 aromatic rings. The summed E-state index contributed by atoms with van der Waals surface area (Å²) >= 11 is 1.74. The predicted molar refractivity (Wildman–Crippen MR) is 89.4 cm³/mol. The van der Waals surface area contributed by atoms with Gasteiger partial charge in [-0.15, -0.1) is 11.3 Å². The minimum atomic E-state index is 0.632. The van der Waals surface area contributed by atoms with Crippen LogP contribution in [0, 0.1) is 6.92 Å². The molecule has 0 aliphatic carbocycles. The van der Waals surface area contributed by atoms with Crippen molar-refractivity contribution in [3.63, 3.8) is 0 Å². The number of nitrogens with one attached hydrogen (secondary N) is 1. The van der Waals surface area contributed by atoms with Crippen LogP contribution in [-0.4, -0.2) is 73.2 Å². The van der Waals surface area contributed by atoms with E-state index in [1.165, 1.54) is 11.3 Å². The highest BCUT2D eigenvalue weighted by Crippen LogP contribution is 2.17. The number of aromatic nitrogens is 1. The summed E-state index contributed by atoms with van der Waals surface area (Å²) in [5, 5.41) is 4.58. The number of hydrogen-bond donors (Lipinski definition) is 1. The summed E-state index contributed by atoms with van der Waals surface area (Å²) < 4.78 is 5.45. The van der Waals surface area contributed by atoms with Crippen molar-refractivity contribution in [2.75, 3.05) is 46.4 Å². The largest absolute Gasteiger partial charge is 0.379 e. The number of rotatable bonds is 3. The molecule has 0 saturated carbocycles. The van der Waals surface area contributed by atoms with Gasteiger partial charge in [0.2, 0.25) is 0 Å². The van der Waals surface area contributed by atoms with Gasteiger partial charge in [-0.1, -0.05) is 0 Å². The lowest BCUT2D eigenvalue weighted by molar-refractivity contribution is 0.0195. The lowest BCUT2D eigenvalue weighted by Crippen LogP contribution is -2.46. The lowest BCUT2D eigenvalue weighted by Gasteiger charge is -2.32. The Bertz CT molecular complexity index is 512. The highest BCUT2D eigenvalue weighted by Gasteiger charge is 2.30. The number of guanidine groups is 1. The molecule has 6 nitrogen and oxygen atoms in total. The first-order valence-electron chi connectivity index (χ1n) is 7.95. The molecule has 0 radical (unpaired) electrons. The Labute approximate surface area is 136 Å². The van der Waals surface area contributed by atoms with Gasteiger partial charge in [0, 0.05) is 50.3 Å². The third-order valence-electron chi connectivity index (χ3n) is 4.33. The van der Waals surface area contributed by atoms with Gasteiger partial charge in [0.15, 0.2) is 5.96 Å². The second kappa shape index (κ2) is 7.39. The zero-order valence-electron chi connectivity index (χ0n) is 13.4. The summed E-state index contributed by atoms with van der Waals surface area (Å²) in [6.45, 7) is 8.83. The molecule has 1 atom stereocenters. The Kier molecular flexibility index (Phi) is 5.28. The molecule has 0 amide bonds. The Morgan fingerprint density at radius 1 is 1.45 bits per heavy atom. The van der Waals surface area contributed by atoms with Gasteiger partial charge < -0.3 is 15.0 Å². The van der Waals surface area contributed by atoms with Crippen molar-refractivity contribution < 1.29 is 4.74 Å². The Morgan fingerprint density at radius 2 is 2.27 bits per heavy atom. The van der Waals surface area contributed by atoms with E-state index in [0.717, 1.165) is 56.9 Å². The van der Waals surface area contributed by atoms with Gasteiger partial charge in [-0.2, -0.15) is 0 Å². The Morgan fingerprint density at radius 3 is 2.95 bits per heavy atom. The first kappa shape index (κ1) is 15.7. The van der Waals surface area contributed by atoms with Crippen LogP contribution in [0.2, 0.25) is 0 Å². The number of aryl methyl sites for hydroxylation is 1. The fraction of sp³-hybridized carbons (Fsp3) is 0.733. The second-order valence-electron chi connectivity index (χ2n) is 5.78. The van der Waals surface area contributed by atoms with Crippen molar-refractivity contribution in [2.45, 2.75) is 25.9 Å². The van der Waals surface area contributed by atoms with Crippen molar-refractivity contribution in [1.82, 2.24) is 20.1 Å². The highest BCUT2D eigenvalue weighted by atomic mass is 32.1. The third-order valence-corrected chi connectivity index (χ3v) is 5.24. The molecule has 2 fully saturated rings. The van der Waals surface area contributed by atoms with Crippen LogP contribution in [0.1, 0.15) is 16.3 Å². The Balaban J connectivity index is 1.51. The second-order valence-corrected chi connectivity index (χ2v) is 7.10. The molecule has 22 heavy (non-hydrogen) atoms. The standard InChI is InChI=1S/C15H25N5OS/c1-12-17-9-14(22-12)10-18-15(16-2)20-4-3-13(11-20)19-5-7-21-8-6-19/h9,13H,3-8,10-11H2,1-2H3,(H,16,18). The number of thiazole rings is 1. The van der Waals surface area contributed by atoms with E-state index >= 15 is 0 Å². The molecule has 1 unspecified atom stereocenters. The molecular formula is C15H25N5OS. The van der Waals surface area contributed by atoms with Crippen LogP contribution < -0.4 is 5.32 Å². The zero-order chi connectivity index (χ0) is 15.4. The van der Waals surface area contributed by atoms with E-state index in [9.17, 15) is 0 Å². The molecule has 122 valence electrons. The molecule has 0 bridgehead atoms. The van der Waals surface area contributed by atoms with Crippen LogP contribution in [0.15, 0.2) is 11.2 Å². The van der Waals surface area contributed by atoms with E-state index in [-0.39, 0.29) is 0 Å². The molecule has 1 N–H and O–H groups in total. The monoisotopic (exact) mass is 323 g/mol. The molecule has 0 aromatic carbocycles. The molecule has 2 saturated heterocycles. The number of hydrogen-bond acceptors (Lipinski definition) is 5. The molecule has 3 heterocycles. The maximum absolute atomic E-state index is 5.45. The van der Waals surface area contributed by atoms with Crippen molar-refractivity contribution in [1.29, 1.82) is 0 Å². The van der Waals surface area contributed by atoms with Gasteiger partial charge in [0.05, 0.1) is 24.8 Å². The molecule has 1 aromatic heterocycles. The van der Waals surface area contributed by atoms with E-state index in [1.807, 2.05) is 20.2 Å². The van der Waals surface area contributed by atoms with Crippen LogP contribution in [0.4, 0.5) is 0 Å². The molecule has 0 spiro atoms. The number of morpholine rings is 1. The van der Waals surface area contributed by atoms with E-state index < -0.39 is 0 Å². The molecule has 2 aliphatic heterocycles. The minimum absolute atomic E-state index is 0.632. The normalized spacial score (nSPS) is 24.0. The smallest absolute Gasteiger partial charge is 0.193 e. The first-order chi connectivity index (χ1) is 10.8. The van der Waals surface area contributed by atoms with Gasteiger partial charge in [-0.3, -0.25) is 9.89 Å². The van der Waals surface area contributed by atoms with Crippen molar-refractivity contribution in [2.24, 2.45) is 4.99 Å². The number of likely N-dealkylation sites (tertiary alicyclic amines) is 1. The zero-order valence-corrected chi connectivity index (χ0v) is 14.2. The number of aliphatic imine (C=N–C) groups is 1. The van der Waals surface area contributed by atoms with Gasteiger partial charge in [-0.25, -0.2) is 4.98 Å². The topological polar surface area (TPSA) is 53.0 Å². The van der Waals surface area contributed by atoms with Crippen LogP contribution in [-0.2, 0) is 11.3 Å². The van der Waals surface area contributed by atoms with Crippen LogP contribution in [0.5, 0.6) is 0 Å². The lowest BCUT2D eigenvalue weighted by atomic mass is 10.2. The number of nitrogens with zero attached hydrogens (tertiary/aromatic N) is 4. The van der Waals surface area contributed by atoms with Crippen LogP contribution >= 0.6 is 11.3 Å². The average Bonchev–Trinajstić information content (AvgIpc) is 3.18. The molecule has 3 rings (SSSR count). The van der Waals surface area contributed by atoms with Crippen molar-refractivity contribution in [3.05, 3.63) is 16.1 Å². The molecular weight excluding hydrogens is 298 g/mol. The number of ether oxygens (including phenoxy) is 1. The van der Waals surface area contributed by atoms with E-state index in [1.54, 1.807) is 11.3 Å². The van der Waals surface area contributed by atoms with Gasteiger partial charge in [0.1, 0.15) is 0 Å². The van der Waals surface area contributed by atoms with E-state index in [4.69, 9.17) is 4.74 Å². The van der Waals surface area contributed by atoms with Crippen molar-refractivity contribution in [3.8, 4) is 0 Å². The van der Waals surface area contributed by atoms with Crippen LogP contribution in [0.25, 0.3) is 0 Å². The van der Waals surface area contributed by atoms with Gasteiger partial charge in [-0.05, 0) is 13.3 Å². The average molecular weight is 323 g/mol. The summed E-state index contributed by atoms with van der Waals surface area (Å²) in [7, 11) is 1.86. The highest BCUT2D eigenvalue weighted by molar-refractivity contribution is 7.11. The van der Waals surface area contributed by atoms with E-state index in [0.29, 0.717) is 6.04 Å². The summed E-state index contributed by atoms with van der Waals surface area (Å²) in [6.07, 6.45) is 3.15. The maximum Gasteiger partial charge on any atom is 0.193 e. The van der Waals surface area contributed by atoms with Gasteiger partial charge in [0.25, 0.3) is 0 Å². The first-order valence-corrected chi connectivity index (χ1v) is 8.76. The van der Waals surface area contributed by atoms with Gasteiger partial charge >= 0.3 is 0 Å². The fourth-order valence-corrected chi connectivity index (χ4v) is 3.89. The molecule has 7 heteroatoms. The summed E-state index contributed by atoms with van der Waals surface area (Å²) in [5.74, 6) is 1.00. The summed E-state index contributed by atoms with van der Waals surface area (Å²) in [4.78, 5) is 14.9.